The molecule has 1 N–H and O–H groups in total. The molecule has 116 valence electrons. The average Bonchev–Trinajstić information content (AvgIpc) is 3.11. The molecule has 1 aromatic heterocycles. The van der Waals surface area contributed by atoms with Crippen LogP contribution in [0, 0.1) is 5.82 Å². The smallest absolute Gasteiger partial charge is 0.229 e. The van der Waals surface area contributed by atoms with Crippen molar-refractivity contribution in [1.82, 2.24) is 15.1 Å². The number of nitrogens with one attached hydrogen (secondary N) is 1. The van der Waals surface area contributed by atoms with Crippen LogP contribution in [0.25, 0.3) is 0 Å². The lowest BCUT2D eigenvalue weighted by molar-refractivity contribution is -0.122. The fourth-order valence-corrected chi connectivity index (χ4v) is 2.83. The quantitative estimate of drug-likeness (QED) is 0.941. The van der Waals surface area contributed by atoms with Crippen LogP contribution in [0.1, 0.15) is 36.4 Å². The number of hydrogen-bond acceptors (Lipinski definition) is 2. The van der Waals surface area contributed by atoms with Gasteiger partial charge in [0.25, 0.3) is 0 Å². The zero-order chi connectivity index (χ0) is 15.9. The summed E-state index contributed by atoms with van der Waals surface area (Å²) in [7, 11) is 1.82. The van der Waals surface area contributed by atoms with Crippen LogP contribution in [-0.2, 0) is 11.8 Å². The van der Waals surface area contributed by atoms with E-state index in [-0.39, 0.29) is 28.8 Å². The van der Waals surface area contributed by atoms with Gasteiger partial charge in [-0.05, 0) is 37.1 Å². The highest BCUT2D eigenvalue weighted by Crippen LogP contribution is 2.41. The molecule has 1 heterocycles. The molecule has 6 heteroatoms. The van der Waals surface area contributed by atoms with E-state index < -0.39 is 5.82 Å². The third kappa shape index (κ3) is 2.86. The Morgan fingerprint density at radius 1 is 1.50 bits per heavy atom. The summed E-state index contributed by atoms with van der Waals surface area (Å²) in [4.78, 5) is 12.3. The number of benzene rings is 1. The summed E-state index contributed by atoms with van der Waals surface area (Å²) in [5.74, 6) is -0.560. The summed E-state index contributed by atoms with van der Waals surface area (Å²) in [6.07, 6.45) is 2.50. The van der Waals surface area contributed by atoms with Gasteiger partial charge in [0.2, 0.25) is 5.91 Å². The molecule has 0 spiro atoms. The minimum atomic E-state index is -0.417. The Balaban J connectivity index is 1.62. The van der Waals surface area contributed by atoms with Gasteiger partial charge in [-0.1, -0.05) is 17.7 Å². The van der Waals surface area contributed by atoms with Gasteiger partial charge in [0, 0.05) is 25.2 Å². The fraction of sp³-hybridized carbons (Fsp3) is 0.375. The van der Waals surface area contributed by atoms with Crippen molar-refractivity contribution in [3.63, 3.8) is 0 Å². The maximum absolute atomic E-state index is 13.5. The lowest BCUT2D eigenvalue weighted by Crippen LogP contribution is -2.31. The summed E-state index contributed by atoms with van der Waals surface area (Å²) in [6.45, 7) is 1.85. The molecule has 3 rings (SSSR count). The molecule has 1 saturated carbocycles. The molecule has 0 bridgehead atoms. The van der Waals surface area contributed by atoms with Gasteiger partial charge in [-0.2, -0.15) is 5.10 Å². The van der Waals surface area contributed by atoms with Gasteiger partial charge >= 0.3 is 0 Å². The molecule has 1 aromatic carbocycles. The monoisotopic (exact) mass is 321 g/mol. The summed E-state index contributed by atoms with van der Waals surface area (Å²) >= 11 is 5.69. The molecule has 0 saturated heterocycles. The van der Waals surface area contributed by atoms with Gasteiger partial charge in [0.15, 0.2) is 0 Å². The van der Waals surface area contributed by atoms with E-state index in [1.807, 2.05) is 26.1 Å². The standard InChI is InChI=1S/C16H17ClFN3O/c1-9(15-5-6-19-21(15)2)16(22)20-14-8-11(14)10-3-4-12(17)13(18)7-10/h3-7,9,11,14H,8H2,1-2H3,(H,20,22)/t9?,11-,14+/m0/s1. The normalized spacial score (nSPS) is 21.5. The zero-order valence-electron chi connectivity index (χ0n) is 12.4. The van der Waals surface area contributed by atoms with Crippen molar-refractivity contribution in [1.29, 1.82) is 0 Å². The molecule has 3 atom stereocenters. The number of aryl methyl sites for hydroxylation is 1. The van der Waals surface area contributed by atoms with Gasteiger partial charge < -0.3 is 5.32 Å². The predicted molar refractivity (Wildman–Crippen MR) is 82.3 cm³/mol. The highest BCUT2D eigenvalue weighted by molar-refractivity contribution is 6.30. The van der Waals surface area contributed by atoms with E-state index in [1.54, 1.807) is 16.9 Å². The van der Waals surface area contributed by atoms with Crippen molar-refractivity contribution in [2.45, 2.75) is 31.2 Å². The molecular formula is C16H17ClFN3O. The topological polar surface area (TPSA) is 46.9 Å². The van der Waals surface area contributed by atoms with Crippen molar-refractivity contribution in [2.24, 2.45) is 7.05 Å². The highest BCUT2D eigenvalue weighted by Gasteiger charge is 2.40. The number of aromatic nitrogens is 2. The molecule has 0 radical (unpaired) electrons. The minimum absolute atomic E-state index is 0.0365. The lowest BCUT2D eigenvalue weighted by atomic mass is 10.1. The van der Waals surface area contributed by atoms with E-state index in [9.17, 15) is 9.18 Å². The van der Waals surface area contributed by atoms with E-state index in [0.29, 0.717) is 0 Å². The van der Waals surface area contributed by atoms with Crippen molar-refractivity contribution < 1.29 is 9.18 Å². The van der Waals surface area contributed by atoms with E-state index >= 15 is 0 Å². The zero-order valence-corrected chi connectivity index (χ0v) is 13.1. The molecule has 1 unspecified atom stereocenters. The number of hydrogen-bond donors (Lipinski definition) is 1. The predicted octanol–water partition coefficient (Wildman–Crippen LogP) is 2.99. The molecule has 2 aromatic rings. The first-order valence-corrected chi connectivity index (χ1v) is 7.58. The second-order valence-electron chi connectivity index (χ2n) is 5.73. The van der Waals surface area contributed by atoms with Crippen LogP contribution < -0.4 is 5.32 Å². The summed E-state index contributed by atoms with van der Waals surface area (Å²) in [5.41, 5.74) is 1.74. The van der Waals surface area contributed by atoms with Gasteiger partial charge in [-0.3, -0.25) is 9.48 Å². The molecule has 1 aliphatic carbocycles. The molecule has 4 nitrogen and oxygen atoms in total. The third-order valence-corrected chi connectivity index (χ3v) is 4.49. The van der Waals surface area contributed by atoms with E-state index in [2.05, 4.69) is 10.4 Å². The second-order valence-corrected chi connectivity index (χ2v) is 6.14. The number of carbonyl (C=O) groups excluding carboxylic acids is 1. The van der Waals surface area contributed by atoms with Crippen LogP contribution in [-0.4, -0.2) is 21.7 Å². The van der Waals surface area contributed by atoms with Crippen LogP contribution in [0.4, 0.5) is 4.39 Å². The van der Waals surface area contributed by atoms with E-state index in [0.717, 1.165) is 17.7 Å². The summed E-state index contributed by atoms with van der Waals surface area (Å²) in [6, 6.07) is 6.71. The maximum Gasteiger partial charge on any atom is 0.229 e. The SMILES string of the molecule is CC(C(=O)N[C@@H]1C[C@H]1c1ccc(Cl)c(F)c1)c1ccnn1C. The second kappa shape index (κ2) is 5.72. The van der Waals surface area contributed by atoms with Crippen molar-refractivity contribution in [2.75, 3.05) is 0 Å². The highest BCUT2D eigenvalue weighted by atomic mass is 35.5. The first-order chi connectivity index (χ1) is 10.5. The summed E-state index contributed by atoms with van der Waals surface area (Å²) < 4.78 is 15.2. The van der Waals surface area contributed by atoms with Gasteiger partial charge in [-0.15, -0.1) is 0 Å². The van der Waals surface area contributed by atoms with Crippen molar-refractivity contribution in [3.05, 3.63) is 52.6 Å². The first-order valence-electron chi connectivity index (χ1n) is 7.20. The minimum Gasteiger partial charge on any atom is -0.352 e. The number of amides is 1. The maximum atomic E-state index is 13.5. The number of halogens is 2. The van der Waals surface area contributed by atoms with Crippen LogP contribution in [0.5, 0.6) is 0 Å². The van der Waals surface area contributed by atoms with Crippen molar-refractivity contribution in [3.8, 4) is 0 Å². The fourth-order valence-electron chi connectivity index (χ4n) is 2.72. The molecule has 1 fully saturated rings. The Morgan fingerprint density at radius 3 is 2.91 bits per heavy atom. The average molecular weight is 322 g/mol. The molecule has 22 heavy (non-hydrogen) atoms. The van der Waals surface area contributed by atoms with Gasteiger partial charge in [0.1, 0.15) is 5.82 Å². The lowest BCUT2D eigenvalue weighted by Gasteiger charge is -2.12. The Bertz CT molecular complexity index is 715. The van der Waals surface area contributed by atoms with E-state index in [1.165, 1.54) is 6.07 Å². The Labute approximate surface area is 133 Å². The first kappa shape index (κ1) is 15.0. The van der Waals surface area contributed by atoms with Gasteiger partial charge in [0.05, 0.1) is 16.6 Å². The Hall–Kier alpha value is -1.88. The van der Waals surface area contributed by atoms with Crippen LogP contribution >= 0.6 is 11.6 Å². The number of rotatable bonds is 4. The molecular weight excluding hydrogens is 305 g/mol. The molecule has 1 amide bonds. The van der Waals surface area contributed by atoms with Crippen molar-refractivity contribution >= 4 is 17.5 Å². The summed E-state index contributed by atoms with van der Waals surface area (Å²) in [5, 5.41) is 7.21. The Kier molecular flexibility index (Phi) is 3.91. The molecule has 0 aliphatic heterocycles. The molecule has 1 aliphatic rings. The third-order valence-electron chi connectivity index (χ3n) is 4.19. The van der Waals surface area contributed by atoms with Crippen LogP contribution in [0.15, 0.2) is 30.5 Å². The largest absolute Gasteiger partial charge is 0.352 e. The van der Waals surface area contributed by atoms with Crippen LogP contribution in [0.2, 0.25) is 5.02 Å². The number of nitrogens with zero attached hydrogens (tertiary/aromatic N) is 2. The number of carbonyl (C=O) groups is 1. The Morgan fingerprint density at radius 2 is 2.27 bits per heavy atom. The van der Waals surface area contributed by atoms with Crippen LogP contribution in [0.3, 0.4) is 0 Å². The van der Waals surface area contributed by atoms with Gasteiger partial charge in [-0.25, -0.2) is 4.39 Å². The van der Waals surface area contributed by atoms with E-state index in [4.69, 9.17) is 11.6 Å².